The quantitative estimate of drug-likeness (QED) is 0.908. The molecule has 0 saturated heterocycles. The molecule has 0 saturated carbocycles. The molecular formula is C15H20BrN3O. The fraction of sp³-hybridized carbons (Fsp3) is 0.400. The molecule has 0 fully saturated rings. The lowest BCUT2D eigenvalue weighted by atomic mass is 10.0. The van der Waals surface area contributed by atoms with Gasteiger partial charge in [0.2, 0.25) is 0 Å². The molecular weight excluding hydrogens is 318 g/mol. The molecule has 0 aliphatic rings. The number of rotatable bonds is 5. The third-order valence-corrected chi connectivity index (χ3v) is 3.70. The summed E-state index contributed by atoms with van der Waals surface area (Å²) in [6.07, 6.45) is 2.48. The van der Waals surface area contributed by atoms with Gasteiger partial charge in [-0.2, -0.15) is 5.10 Å². The molecule has 1 unspecified atom stereocenters. The normalized spacial score (nSPS) is 12.7. The van der Waals surface area contributed by atoms with Crippen molar-refractivity contribution in [2.75, 3.05) is 7.11 Å². The highest BCUT2D eigenvalue weighted by Crippen LogP contribution is 2.28. The maximum atomic E-state index is 6.38. The summed E-state index contributed by atoms with van der Waals surface area (Å²) in [5.74, 6) is 0.751. The molecule has 20 heavy (non-hydrogen) atoms. The van der Waals surface area contributed by atoms with Gasteiger partial charge in [-0.1, -0.05) is 28.1 Å². The van der Waals surface area contributed by atoms with Crippen LogP contribution in [0.4, 0.5) is 0 Å². The van der Waals surface area contributed by atoms with Gasteiger partial charge >= 0.3 is 0 Å². The Morgan fingerprint density at radius 1 is 1.40 bits per heavy atom. The third-order valence-electron chi connectivity index (χ3n) is 3.20. The van der Waals surface area contributed by atoms with E-state index in [1.807, 2.05) is 16.8 Å². The summed E-state index contributed by atoms with van der Waals surface area (Å²) in [7, 11) is 1.65. The lowest BCUT2D eigenvalue weighted by molar-refractivity contribution is 0.396. The van der Waals surface area contributed by atoms with E-state index in [4.69, 9.17) is 10.5 Å². The highest BCUT2D eigenvalue weighted by Gasteiger charge is 2.20. The average Bonchev–Trinajstić information content (AvgIpc) is 2.82. The minimum absolute atomic E-state index is 0.149. The molecule has 1 atom stereocenters. The first kappa shape index (κ1) is 15.1. The van der Waals surface area contributed by atoms with Crippen molar-refractivity contribution in [3.63, 3.8) is 0 Å². The van der Waals surface area contributed by atoms with Crippen molar-refractivity contribution < 1.29 is 4.74 Å². The molecule has 1 aromatic heterocycles. The Labute approximate surface area is 128 Å². The first-order chi connectivity index (χ1) is 9.52. The van der Waals surface area contributed by atoms with E-state index in [-0.39, 0.29) is 12.1 Å². The number of hydrogen-bond acceptors (Lipinski definition) is 3. The molecule has 1 heterocycles. The SMILES string of the molecule is COc1cnn(C(C)C)c1C(N)Cc1cccc(Br)c1. The minimum Gasteiger partial charge on any atom is -0.493 e. The van der Waals surface area contributed by atoms with E-state index in [1.165, 1.54) is 5.56 Å². The van der Waals surface area contributed by atoms with Gasteiger partial charge in [-0.3, -0.25) is 4.68 Å². The van der Waals surface area contributed by atoms with E-state index in [1.54, 1.807) is 13.3 Å². The first-order valence-corrected chi connectivity index (χ1v) is 7.43. The molecule has 0 spiro atoms. The van der Waals surface area contributed by atoms with Gasteiger partial charge < -0.3 is 10.5 Å². The van der Waals surface area contributed by atoms with Gasteiger partial charge in [-0.05, 0) is 38.0 Å². The molecule has 0 aliphatic carbocycles. The van der Waals surface area contributed by atoms with Crippen molar-refractivity contribution in [1.82, 2.24) is 9.78 Å². The third kappa shape index (κ3) is 3.22. The number of nitrogens with zero attached hydrogens (tertiary/aromatic N) is 2. The van der Waals surface area contributed by atoms with E-state index < -0.39 is 0 Å². The van der Waals surface area contributed by atoms with Crippen LogP contribution < -0.4 is 10.5 Å². The second-order valence-electron chi connectivity index (χ2n) is 5.08. The predicted molar refractivity (Wildman–Crippen MR) is 83.9 cm³/mol. The van der Waals surface area contributed by atoms with Crippen LogP contribution in [-0.4, -0.2) is 16.9 Å². The summed E-state index contributed by atoms with van der Waals surface area (Å²) in [6, 6.07) is 8.29. The van der Waals surface area contributed by atoms with E-state index in [2.05, 4.69) is 47.0 Å². The number of methoxy groups -OCH3 is 1. The largest absolute Gasteiger partial charge is 0.493 e. The van der Waals surface area contributed by atoms with E-state index >= 15 is 0 Å². The summed E-state index contributed by atoms with van der Waals surface area (Å²) in [5, 5.41) is 4.37. The smallest absolute Gasteiger partial charge is 0.161 e. The fourth-order valence-corrected chi connectivity index (χ4v) is 2.74. The van der Waals surface area contributed by atoms with Gasteiger partial charge in [0.25, 0.3) is 0 Å². The molecule has 2 aromatic rings. The molecule has 2 rings (SSSR count). The monoisotopic (exact) mass is 337 g/mol. The number of aromatic nitrogens is 2. The highest BCUT2D eigenvalue weighted by molar-refractivity contribution is 9.10. The zero-order valence-corrected chi connectivity index (χ0v) is 13.6. The van der Waals surface area contributed by atoms with Crippen molar-refractivity contribution >= 4 is 15.9 Å². The second-order valence-corrected chi connectivity index (χ2v) is 5.99. The van der Waals surface area contributed by atoms with E-state index in [0.717, 1.165) is 22.3 Å². The Balaban J connectivity index is 2.28. The van der Waals surface area contributed by atoms with Gasteiger partial charge in [0.05, 0.1) is 25.0 Å². The van der Waals surface area contributed by atoms with Crippen LogP contribution in [0.25, 0.3) is 0 Å². The molecule has 1 aromatic carbocycles. The minimum atomic E-state index is -0.149. The molecule has 0 amide bonds. The molecule has 108 valence electrons. The number of halogens is 1. The summed E-state index contributed by atoms with van der Waals surface area (Å²) < 4.78 is 8.38. The lowest BCUT2D eigenvalue weighted by Gasteiger charge is -2.18. The van der Waals surface area contributed by atoms with Crippen LogP contribution in [0.1, 0.15) is 37.2 Å². The van der Waals surface area contributed by atoms with Gasteiger partial charge in [0.1, 0.15) is 0 Å². The summed E-state index contributed by atoms with van der Waals surface area (Å²) in [5.41, 5.74) is 8.51. The van der Waals surface area contributed by atoms with Gasteiger partial charge in [-0.25, -0.2) is 0 Å². The Morgan fingerprint density at radius 2 is 2.15 bits per heavy atom. The standard InChI is InChI=1S/C15H20BrN3O/c1-10(2)19-15(14(20-3)9-18-19)13(17)8-11-5-4-6-12(16)7-11/h4-7,9-10,13H,8,17H2,1-3H3. The average molecular weight is 338 g/mol. The number of benzene rings is 1. The maximum Gasteiger partial charge on any atom is 0.161 e. The Hall–Kier alpha value is -1.33. The van der Waals surface area contributed by atoms with E-state index in [9.17, 15) is 0 Å². The lowest BCUT2D eigenvalue weighted by Crippen LogP contribution is -2.20. The molecule has 0 radical (unpaired) electrons. The van der Waals surface area contributed by atoms with Crippen molar-refractivity contribution in [2.24, 2.45) is 5.73 Å². The van der Waals surface area contributed by atoms with E-state index in [0.29, 0.717) is 0 Å². The van der Waals surface area contributed by atoms with Crippen molar-refractivity contribution in [3.8, 4) is 5.75 Å². The highest BCUT2D eigenvalue weighted by atomic mass is 79.9. The molecule has 2 N–H and O–H groups in total. The maximum absolute atomic E-state index is 6.38. The number of nitrogens with two attached hydrogens (primary N) is 1. The van der Waals surface area contributed by atoms with Crippen LogP contribution in [0.2, 0.25) is 0 Å². The first-order valence-electron chi connectivity index (χ1n) is 6.64. The molecule has 4 nitrogen and oxygen atoms in total. The molecule has 5 heteroatoms. The molecule has 0 bridgehead atoms. The second kappa shape index (κ2) is 6.41. The van der Waals surface area contributed by atoms with Crippen LogP contribution in [0.5, 0.6) is 5.75 Å². The zero-order chi connectivity index (χ0) is 14.7. The van der Waals surface area contributed by atoms with Crippen molar-refractivity contribution in [2.45, 2.75) is 32.4 Å². The van der Waals surface area contributed by atoms with Crippen LogP contribution >= 0.6 is 15.9 Å². The van der Waals surface area contributed by atoms with Crippen LogP contribution in [0, 0.1) is 0 Å². The topological polar surface area (TPSA) is 53.1 Å². The Kier molecular flexibility index (Phi) is 4.83. The van der Waals surface area contributed by atoms with Crippen molar-refractivity contribution in [1.29, 1.82) is 0 Å². The summed E-state index contributed by atoms with van der Waals surface area (Å²) in [4.78, 5) is 0. The number of ether oxygens (including phenoxy) is 1. The Morgan fingerprint density at radius 3 is 2.75 bits per heavy atom. The van der Waals surface area contributed by atoms with Gasteiger partial charge in [0.15, 0.2) is 5.75 Å². The summed E-state index contributed by atoms with van der Waals surface area (Å²) in [6.45, 7) is 4.17. The fourth-order valence-electron chi connectivity index (χ4n) is 2.29. The number of hydrogen-bond donors (Lipinski definition) is 1. The van der Waals surface area contributed by atoms with Crippen molar-refractivity contribution in [3.05, 3.63) is 46.2 Å². The predicted octanol–water partition coefficient (Wildman–Crippen LogP) is 3.48. The summed E-state index contributed by atoms with van der Waals surface area (Å²) >= 11 is 3.48. The van der Waals surface area contributed by atoms with Crippen LogP contribution in [-0.2, 0) is 6.42 Å². The Bertz CT molecular complexity index is 580. The van der Waals surface area contributed by atoms with Gasteiger partial charge in [-0.15, -0.1) is 0 Å². The van der Waals surface area contributed by atoms with Crippen LogP contribution in [0.15, 0.2) is 34.9 Å². The molecule has 0 aliphatic heterocycles. The van der Waals surface area contributed by atoms with Gasteiger partial charge in [0, 0.05) is 10.5 Å². The van der Waals surface area contributed by atoms with Crippen LogP contribution in [0.3, 0.4) is 0 Å². The zero-order valence-electron chi connectivity index (χ0n) is 12.0.